The van der Waals surface area contributed by atoms with Gasteiger partial charge in [-0.3, -0.25) is 4.98 Å². The van der Waals surface area contributed by atoms with Crippen LogP contribution in [0.2, 0.25) is 5.02 Å². The lowest BCUT2D eigenvalue weighted by molar-refractivity contribution is 0.140. The second kappa shape index (κ2) is 4.95. The van der Waals surface area contributed by atoms with Crippen LogP contribution in [0.1, 0.15) is 43.9 Å². The van der Waals surface area contributed by atoms with Crippen molar-refractivity contribution in [3.63, 3.8) is 0 Å². The zero-order chi connectivity index (χ0) is 10.7. The third-order valence-electron chi connectivity index (χ3n) is 3.13. The molecule has 1 unspecified atom stereocenters. The molecule has 1 aromatic heterocycles. The molecule has 1 aliphatic carbocycles. The molecule has 1 heterocycles. The first kappa shape index (κ1) is 10.9. The normalized spacial score (nSPS) is 19.3. The van der Waals surface area contributed by atoms with E-state index in [0.717, 1.165) is 6.42 Å². The van der Waals surface area contributed by atoms with Gasteiger partial charge in [0.15, 0.2) is 0 Å². The number of pyridine rings is 1. The summed E-state index contributed by atoms with van der Waals surface area (Å²) in [5, 5.41) is 10.6. The molecule has 1 saturated carbocycles. The van der Waals surface area contributed by atoms with E-state index in [2.05, 4.69) is 4.98 Å². The minimum absolute atomic E-state index is 0.498. The van der Waals surface area contributed by atoms with E-state index in [1.54, 1.807) is 18.3 Å². The minimum Gasteiger partial charge on any atom is -0.387 e. The fraction of sp³-hybridized carbons (Fsp3) is 0.583. The summed E-state index contributed by atoms with van der Waals surface area (Å²) in [7, 11) is 0. The van der Waals surface area contributed by atoms with Crippen LogP contribution >= 0.6 is 11.6 Å². The lowest BCUT2D eigenvalue weighted by Gasteiger charge is -2.15. The third-order valence-corrected chi connectivity index (χ3v) is 3.45. The molecule has 1 atom stereocenters. The fourth-order valence-corrected chi connectivity index (χ4v) is 2.56. The van der Waals surface area contributed by atoms with Gasteiger partial charge in [0.25, 0.3) is 0 Å². The van der Waals surface area contributed by atoms with Crippen molar-refractivity contribution in [2.75, 3.05) is 0 Å². The highest BCUT2D eigenvalue weighted by atomic mass is 35.5. The first-order chi connectivity index (χ1) is 7.27. The van der Waals surface area contributed by atoms with Crippen LogP contribution in [0.15, 0.2) is 18.3 Å². The van der Waals surface area contributed by atoms with Gasteiger partial charge in [0.2, 0.25) is 0 Å². The smallest absolute Gasteiger partial charge is 0.0977 e. The molecule has 0 bridgehead atoms. The van der Waals surface area contributed by atoms with Gasteiger partial charge in [-0.2, -0.15) is 0 Å². The van der Waals surface area contributed by atoms with E-state index in [4.69, 9.17) is 11.6 Å². The maximum atomic E-state index is 10.0. The Bertz CT molecular complexity index is 323. The van der Waals surface area contributed by atoms with Crippen LogP contribution in [0.3, 0.4) is 0 Å². The third kappa shape index (κ3) is 2.70. The maximum Gasteiger partial charge on any atom is 0.0977 e. The molecule has 0 radical (unpaired) electrons. The summed E-state index contributed by atoms with van der Waals surface area (Å²) in [5.41, 5.74) is 0.631. The molecule has 1 aliphatic rings. The molecule has 2 nitrogen and oxygen atoms in total. The minimum atomic E-state index is -0.498. The number of hydrogen-bond acceptors (Lipinski definition) is 2. The summed E-state index contributed by atoms with van der Waals surface area (Å²) >= 11 is 5.98. The number of nitrogens with zero attached hydrogens (tertiary/aromatic N) is 1. The van der Waals surface area contributed by atoms with Crippen molar-refractivity contribution in [1.82, 2.24) is 4.98 Å². The first-order valence-electron chi connectivity index (χ1n) is 5.56. The van der Waals surface area contributed by atoms with Crippen LogP contribution in [0, 0.1) is 5.92 Å². The van der Waals surface area contributed by atoms with Crippen LogP contribution in [-0.2, 0) is 0 Å². The van der Waals surface area contributed by atoms with Crippen molar-refractivity contribution in [2.45, 2.75) is 38.2 Å². The van der Waals surface area contributed by atoms with Crippen molar-refractivity contribution < 1.29 is 5.11 Å². The van der Waals surface area contributed by atoms with Crippen molar-refractivity contribution in [3.05, 3.63) is 29.0 Å². The SMILES string of the molecule is OC(CC1CCCC1)c1ncccc1Cl. The summed E-state index contributed by atoms with van der Waals surface area (Å²) in [6.07, 6.45) is 7.06. The molecule has 1 N–H and O–H groups in total. The van der Waals surface area contributed by atoms with Gasteiger partial charge >= 0.3 is 0 Å². The standard InChI is InChI=1S/C12H16ClNO/c13-10-6-3-7-14-12(10)11(15)8-9-4-1-2-5-9/h3,6-7,9,11,15H,1-2,4-5,8H2. The quantitative estimate of drug-likeness (QED) is 0.856. The Balaban J connectivity index is 2.00. The molecule has 1 fully saturated rings. The average molecular weight is 226 g/mol. The Hall–Kier alpha value is -0.600. The van der Waals surface area contributed by atoms with E-state index >= 15 is 0 Å². The van der Waals surface area contributed by atoms with Gasteiger partial charge < -0.3 is 5.11 Å². The maximum absolute atomic E-state index is 10.0. The molecular formula is C12H16ClNO. The lowest BCUT2D eigenvalue weighted by atomic mass is 9.98. The van der Waals surface area contributed by atoms with Crippen molar-refractivity contribution in [1.29, 1.82) is 0 Å². The Morgan fingerprint density at radius 1 is 1.47 bits per heavy atom. The van der Waals surface area contributed by atoms with Gasteiger partial charge in [0.05, 0.1) is 16.8 Å². The van der Waals surface area contributed by atoms with Crippen LogP contribution in [0.4, 0.5) is 0 Å². The van der Waals surface area contributed by atoms with Gasteiger partial charge in [-0.05, 0) is 24.5 Å². The summed E-state index contributed by atoms with van der Waals surface area (Å²) in [5.74, 6) is 0.651. The highest BCUT2D eigenvalue weighted by Crippen LogP contribution is 2.33. The lowest BCUT2D eigenvalue weighted by Crippen LogP contribution is -2.06. The second-order valence-electron chi connectivity index (χ2n) is 4.27. The molecule has 0 saturated heterocycles. The van der Waals surface area contributed by atoms with E-state index in [1.807, 2.05) is 0 Å². The molecule has 0 aromatic carbocycles. The number of aliphatic hydroxyl groups is 1. The van der Waals surface area contributed by atoms with Gasteiger partial charge in [-0.15, -0.1) is 0 Å². The zero-order valence-corrected chi connectivity index (χ0v) is 9.45. The highest BCUT2D eigenvalue weighted by molar-refractivity contribution is 6.31. The molecule has 3 heteroatoms. The topological polar surface area (TPSA) is 33.1 Å². The van der Waals surface area contributed by atoms with Crippen LogP contribution in [0.5, 0.6) is 0 Å². The summed E-state index contributed by atoms with van der Waals surface area (Å²) in [4.78, 5) is 4.14. The fourth-order valence-electron chi connectivity index (χ4n) is 2.32. The molecule has 15 heavy (non-hydrogen) atoms. The van der Waals surface area contributed by atoms with Crippen molar-refractivity contribution in [3.8, 4) is 0 Å². The first-order valence-corrected chi connectivity index (χ1v) is 5.93. The largest absolute Gasteiger partial charge is 0.387 e. The Labute approximate surface area is 95.3 Å². The van der Waals surface area contributed by atoms with E-state index in [-0.39, 0.29) is 0 Å². The molecule has 0 amide bonds. The molecule has 1 aromatic rings. The van der Waals surface area contributed by atoms with Gasteiger partial charge in [-0.25, -0.2) is 0 Å². The van der Waals surface area contributed by atoms with Gasteiger partial charge in [-0.1, -0.05) is 37.3 Å². The number of rotatable bonds is 3. The Morgan fingerprint density at radius 3 is 2.87 bits per heavy atom. The predicted molar refractivity (Wildman–Crippen MR) is 60.8 cm³/mol. The van der Waals surface area contributed by atoms with E-state index < -0.39 is 6.10 Å². The van der Waals surface area contributed by atoms with Crippen LogP contribution in [-0.4, -0.2) is 10.1 Å². The molecule has 2 rings (SSSR count). The Kier molecular flexibility index (Phi) is 3.60. The molecule has 0 aliphatic heterocycles. The number of aliphatic hydroxyl groups excluding tert-OH is 1. The van der Waals surface area contributed by atoms with Crippen molar-refractivity contribution >= 4 is 11.6 Å². The van der Waals surface area contributed by atoms with Crippen LogP contribution < -0.4 is 0 Å². The van der Waals surface area contributed by atoms with Gasteiger partial charge in [0.1, 0.15) is 0 Å². The molecular weight excluding hydrogens is 210 g/mol. The monoisotopic (exact) mass is 225 g/mol. The van der Waals surface area contributed by atoms with Crippen molar-refractivity contribution in [2.24, 2.45) is 5.92 Å². The number of hydrogen-bond donors (Lipinski definition) is 1. The number of halogens is 1. The van der Waals surface area contributed by atoms with Crippen LogP contribution in [0.25, 0.3) is 0 Å². The predicted octanol–water partition coefficient (Wildman–Crippen LogP) is 3.35. The van der Waals surface area contributed by atoms with E-state index in [0.29, 0.717) is 16.6 Å². The van der Waals surface area contributed by atoms with Gasteiger partial charge in [0, 0.05) is 6.20 Å². The highest BCUT2D eigenvalue weighted by Gasteiger charge is 2.21. The molecule has 0 spiro atoms. The average Bonchev–Trinajstić information content (AvgIpc) is 2.71. The Morgan fingerprint density at radius 2 is 2.20 bits per heavy atom. The summed E-state index contributed by atoms with van der Waals surface area (Å²) in [6, 6.07) is 3.57. The molecule has 82 valence electrons. The zero-order valence-electron chi connectivity index (χ0n) is 8.69. The van der Waals surface area contributed by atoms with E-state index in [9.17, 15) is 5.11 Å². The second-order valence-corrected chi connectivity index (χ2v) is 4.68. The summed E-state index contributed by atoms with van der Waals surface area (Å²) < 4.78 is 0. The summed E-state index contributed by atoms with van der Waals surface area (Å²) in [6.45, 7) is 0. The number of aromatic nitrogens is 1. The van der Waals surface area contributed by atoms with E-state index in [1.165, 1.54) is 25.7 Å².